The van der Waals surface area contributed by atoms with Crippen molar-refractivity contribution in [3.63, 3.8) is 0 Å². The summed E-state index contributed by atoms with van der Waals surface area (Å²) in [6.07, 6.45) is 1.81. The Kier molecular flexibility index (Phi) is 5.45. The second-order valence-electron chi connectivity index (χ2n) is 6.04. The number of likely N-dealkylation sites (tertiary alicyclic amines) is 1. The van der Waals surface area contributed by atoms with Crippen LogP contribution < -0.4 is 5.32 Å². The zero-order chi connectivity index (χ0) is 16.9. The maximum atomic E-state index is 12.2. The minimum Gasteiger partial charge on any atom is -0.392 e. The normalized spacial score (nSPS) is 20.9. The van der Waals surface area contributed by atoms with Crippen LogP contribution in [0.3, 0.4) is 0 Å². The van der Waals surface area contributed by atoms with Crippen LogP contribution in [-0.4, -0.2) is 46.1 Å². The molecule has 2 atom stereocenters. The fourth-order valence-electron chi connectivity index (χ4n) is 3.04. The Labute approximate surface area is 146 Å². The van der Waals surface area contributed by atoms with Crippen LogP contribution in [0.15, 0.2) is 48.7 Å². The number of rotatable bonds is 5. The van der Waals surface area contributed by atoms with Crippen LogP contribution in [0.4, 0.5) is 0 Å². The molecule has 126 valence electrons. The van der Waals surface area contributed by atoms with Gasteiger partial charge in [0.15, 0.2) is 0 Å². The van der Waals surface area contributed by atoms with E-state index in [4.69, 9.17) is 11.6 Å². The van der Waals surface area contributed by atoms with Gasteiger partial charge >= 0.3 is 0 Å². The van der Waals surface area contributed by atoms with E-state index in [9.17, 15) is 9.90 Å². The molecule has 1 aliphatic rings. The molecule has 0 radical (unpaired) electrons. The van der Waals surface area contributed by atoms with E-state index in [0.717, 1.165) is 6.54 Å². The zero-order valence-electron chi connectivity index (χ0n) is 13.2. The number of halogens is 1. The number of pyridine rings is 1. The van der Waals surface area contributed by atoms with E-state index in [1.54, 1.807) is 12.1 Å². The van der Waals surface area contributed by atoms with Crippen molar-refractivity contribution in [3.05, 3.63) is 64.9 Å². The molecule has 24 heavy (non-hydrogen) atoms. The van der Waals surface area contributed by atoms with Crippen molar-refractivity contribution in [2.24, 2.45) is 0 Å². The van der Waals surface area contributed by atoms with Gasteiger partial charge in [0, 0.05) is 37.4 Å². The van der Waals surface area contributed by atoms with Gasteiger partial charge in [-0.15, -0.1) is 0 Å². The minimum absolute atomic E-state index is 0.112. The predicted molar refractivity (Wildman–Crippen MR) is 92.8 cm³/mol. The Hall–Kier alpha value is -1.95. The summed E-state index contributed by atoms with van der Waals surface area (Å²) in [6.45, 7) is 1.87. The van der Waals surface area contributed by atoms with Gasteiger partial charge in [-0.05, 0) is 24.1 Å². The second kappa shape index (κ2) is 7.75. The van der Waals surface area contributed by atoms with Crippen LogP contribution in [0.2, 0.25) is 5.15 Å². The van der Waals surface area contributed by atoms with E-state index in [0.29, 0.717) is 30.2 Å². The Bertz CT molecular complexity index is 696. The first-order valence-electron chi connectivity index (χ1n) is 7.97. The zero-order valence-corrected chi connectivity index (χ0v) is 14.0. The highest BCUT2D eigenvalue weighted by Crippen LogP contribution is 2.20. The summed E-state index contributed by atoms with van der Waals surface area (Å²) in [4.78, 5) is 18.3. The number of amides is 1. The van der Waals surface area contributed by atoms with Gasteiger partial charge in [0.05, 0.1) is 6.10 Å². The van der Waals surface area contributed by atoms with Crippen LogP contribution in [0, 0.1) is 0 Å². The second-order valence-corrected chi connectivity index (χ2v) is 6.42. The molecule has 2 heterocycles. The van der Waals surface area contributed by atoms with Gasteiger partial charge in [0.25, 0.3) is 5.91 Å². The SMILES string of the molecule is O=C(NCC1CC(O)CN1Cc1ccccc1)c1ccnc(Cl)c1. The number of hydrogen-bond acceptors (Lipinski definition) is 4. The van der Waals surface area contributed by atoms with E-state index < -0.39 is 0 Å². The number of carbonyl (C=O) groups is 1. The molecule has 0 saturated carbocycles. The maximum Gasteiger partial charge on any atom is 0.251 e. The van der Waals surface area contributed by atoms with Crippen molar-refractivity contribution >= 4 is 17.5 Å². The average molecular weight is 346 g/mol. The molecule has 1 saturated heterocycles. The van der Waals surface area contributed by atoms with Crippen molar-refractivity contribution in [2.75, 3.05) is 13.1 Å². The molecular weight excluding hydrogens is 326 g/mol. The molecule has 1 amide bonds. The molecule has 0 spiro atoms. The number of β-amino-alcohol motifs (C(OH)–C–C–N with tert-alkyl or cyclic N) is 1. The Morgan fingerprint density at radius 2 is 2.12 bits per heavy atom. The Morgan fingerprint density at radius 1 is 1.33 bits per heavy atom. The number of aliphatic hydroxyl groups excluding tert-OH is 1. The number of carbonyl (C=O) groups excluding carboxylic acids is 1. The summed E-state index contributed by atoms with van der Waals surface area (Å²) >= 11 is 5.82. The third kappa shape index (κ3) is 4.32. The fourth-order valence-corrected chi connectivity index (χ4v) is 3.21. The third-order valence-electron chi connectivity index (χ3n) is 4.22. The summed E-state index contributed by atoms with van der Waals surface area (Å²) in [5, 5.41) is 13.2. The summed E-state index contributed by atoms with van der Waals surface area (Å²) in [5.74, 6) is -0.180. The molecular formula is C18H20ClN3O2. The fraction of sp³-hybridized carbons (Fsp3) is 0.333. The van der Waals surface area contributed by atoms with Crippen LogP contribution in [0.1, 0.15) is 22.3 Å². The predicted octanol–water partition coefficient (Wildman–Crippen LogP) is 2.10. The van der Waals surface area contributed by atoms with E-state index in [1.165, 1.54) is 11.8 Å². The lowest BCUT2D eigenvalue weighted by molar-refractivity contribution is 0.0939. The van der Waals surface area contributed by atoms with Crippen LogP contribution in [0.5, 0.6) is 0 Å². The molecule has 2 unspecified atom stereocenters. The lowest BCUT2D eigenvalue weighted by atomic mass is 10.1. The van der Waals surface area contributed by atoms with Crippen molar-refractivity contribution in [1.29, 1.82) is 0 Å². The number of nitrogens with zero attached hydrogens (tertiary/aromatic N) is 2. The Balaban J connectivity index is 1.59. The van der Waals surface area contributed by atoms with E-state index in [1.807, 2.05) is 18.2 Å². The summed E-state index contributed by atoms with van der Waals surface area (Å²) in [6, 6.07) is 13.4. The quantitative estimate of drug-likeness (QED) is 0.814. The standard InChI is InChI=1S/C18H20ClN3O2/c19-17-8-14(6-7-20-17)18(24)21-10-15-9-16(23)12-22(15)11-13-4-2-1-3-5-13/h1-8,15-16,23H,9-12H2,(H,21,24). The largest absolute Gasteiger partial charge is 0.392 e. The molecule has 0 bridgehead atoms. The number of aromatic nitrogens is 1. The lowest BCUT2D eigenvalue weighted by Gasteiger charge is -2.24. The van der Waals surface area contributed by atoms with Gasteiger partial charge in [-0.2, -0.15) is 0 Å². The molecule has 1 aromatic carbocycles. The van der Waals surface area contributed by atoms with E-state index in [-0.39, 0.29) is 18.1 Å². The first-order valence-corrected chi connectivity index (χ1v) is 8.35. The van der Waals surface area contributed by atoms with Gasteiger partial charge in [-0.1, -0.05) is 41.9 Å². The van der Waals surface area contributed by atoms with Gasteiger partial charge in [-0.3, -0.25) is 9.69 Å². The molecule has 5 nitrogen and oxygen atoms in total. The van der Waals surface area contributed by atoms with Crippen molar-refractivity contribution in [3.8, 4) is 0 Å². The summed E-state index contributed by atoms with van der Waals surface area (Å²) < 4.78 is 0. The van der Waals surface area contributed by atoms with Gasteiger partial charge < -0.3 is 10.4 Å². The molecule has 2 aromatic rings. The van der Waals surface area contributed by atoms with Gasteiger partial charge in [0.1, 0.15) is 5.15 Å². The maximum absolute atomic E-state index is 12.2. The summed E-state index contributed by atoms with van der Waals surface area (Å²) in [7, 11) is 0. The number of hydrogen-bond donors (Lipinski definition) is 2. The van der Waals surface area contributed by atoms with Gasteiger partial charge in [-0.25, -0.2) is 4.98 Å². The lowest BCUT2D eigenvalue weighted by Crippen LogP contribution is -2.39. The third-order valence-corrected chi connectivity index (χ3v) is 4.43. The molecule has 6 heteroatoms. The average Bonchev–Trinajstić information content (AvgIpc) is 2.93. The molecule has 1 fully saturated rings. The van der Waals surface area contributed by atoms with Crippen LogP contribution >= 0.6 is 11.6 Å². The first kappa shape index (κ1) is 16.9. The molecule has 1 aromatic heterocycles. The molecule has 3 rings (SSSR count). The monoisotopic (exact) mass is 345 g/mol. The highest BCUT2D eigenvalue weighted by Gasteiger charge is 2.31. The number of nitrogens with one attached hydrogen (secondary N) is 1. The topological polar surface area (TPSA) is 65.5 Å². The van der Waals surface area contributed by atoms with Crippen molar-refractivity contribution < 1.29 is 9.90 Å². The first-order chi connectivity index (χ1) is 11.6. The molecule has 2 N–H and O–H groups in total. The van der Waals surface area contributed by atoms with Crippen LogP contribution in [-0.2, 0) is 6.54 Å². The van der Waals surface area contributed by atoms with E-state index in [2.05, 4.69) is 27.3 Å². The van der Waals surface area contributed by atoms with Crippen molar-refractivity contribution in [1.82, 2.24) is 15.2 Å². The Morgan fingerprint density at radius 3 is 2.88 bits per heavy atom. The van der Waals surface area contributed by atoms with E-state index >= 15 is 0 Å². The molecule has 1 aliphatic heterocycles. The van der Waals surface area contributed by atoms with Gasteiger partial charge in [0.2, 0.25) is 0 Å². The smallest absolute Gasteiger partial charge is 0.251 e. The van der Waals surface area contributed by atoms with Crippen molar-refractivity contribution in [2.45, 2.75) is 25.1 Å². The highest BCUT2D eigenvalue weighted by molar-refractivity contribution is 6.29. The van der Waals surface area contributed by atoms with Crippen LogP contribution in [0.25, 0.3) is 0 Å². The highest BCUT2D eigenvalue weighted by atomic mass is 35.5. The number of benzene rings is 1. The number of aliphatic hydroxyl groups is 1. The summed E-state index contributed by atoms with van der Waals surface area (Å²) in [5.41, 5.74) is 1.69. The molecule has 0 aliphatic carbocycles. The minimum atomic E-state index is -0.356.